The van der Waals surface area contributed by atoms with Crippen molar-refractivity contribution in [3.05, 3.63) is 18.2 Å². The second-order valence-electron chi connectivity index (χ2n) is 4.02. The van der Waals surface area contributed by atoms with Crippen LogP contribution in [0.1, 0.15) is 12.8 Å². The molecule has 0 spiro atoms. The summed E-state index contributed by atoms with van der Waals surface area (Å²) >= 11 is 0. The van der Waals surface area contributed by atoms with Gasteiger partial charge in [0.15, 0.2) is 0 Å². The van der Waals surface area contributed by atoms with E-state index in [1.54, 1.807) is 6.07 Å². The van der Waals surface area contributed by atoms with Crippen LogP contribution in [0.5, 0.6) is 0 Å². The first-order chi connectivity index (χ1) is 7.15. The minimum atomic E-state index is -0.653. The molecule has 1 aliphatic heterocycles. The molecule has 0 radical (unpaired) electrons. The molecule has 3 nitrogen and oxygen atoms in total. The lowest BCUT2D eigenvalue weighted by atomic mass is 10.1. The summed E-state index contributed by atoms with van der Waals surface area (Å²) in [6.07, 6.45) is 0.531. The summed E-state index contributed by atoms with van der Waals surface area (Å²) in [6.45, 7) is 1.48. The molecule has 0 amide bonds. The molecule has 0 unspecified atom stereocenters. The lowest BCUT2D eigenvalue weighted by Gasteiger charge is -2.30. The molecule has 0 aromatic heterocycles. The van der Waals surface area contributed by atoms with Gasteiger partial charge in [0.05, 0.1) is 0 Å². The largest absolute Gasteiger partial charge is 0.399 e. The van der Waals surface area contributed by atoms with Crippen molar-refractivity contribution in [2.24, 2.45) is 0 Å². The Balaban J connectivity index is 2.15. The number of nitrogen functional groups attached to an aromatic ring is 2. The first-order valence-electron chi connectivity index (χ1n) is 5.20. The molecule has 0 aliphatic carbocycles. The normalized spacial score (nSPS) is 18.1. The van der Waals surface area contributed by atoms with E-state index in [4.69, 9.17) is 11.5 Å². The van der Waals surface area contributed by atoms with E-state index in [0.717, 1.165) is 18.8 Å². The van der Waals surface area contributed by atoms with Crippen LogP contribution in [0.2, 0.25) is 0 Å². The van der Waals surface area contributed by atoms with Crippen LogP contribution >= 0.6 is 0 Å². The Bertz CT molecular complexity index is 325. The average Bonchev–Trinajstić information content (AvgIpc) is 2.17. The summed E-state index contributed by atoms with van der Waals surface area (Å²) in [5.74, 6) is 0. The molecule has 1 aromatic carbocycles. The fourth-order valence-electron chi connectivity index (χ4n) is 1.95. The molecule has 1 heterocycles. The first kappa shape index (κ1) is 10.1. The molecule has 1 saturated heterocycles. The second-order valence-corrected chi connectivity index (χ2v) is 4.02. The van der Waals surface area contributed by atoms with Crippen molar-refractivity contribution in [3.8, 4) is 0 Å². The predicted molar refractivity (Wildman–Crippen MR) is 61.6 cm³/mol. The highest BCUT2D eigenvalue weighted by Gasteiger charge is 2.18. The van der Waals surface area contributed by atoms with Crippen molar-refractivity contribution >= 4 is 17.1 Å². The van der Waals surface area contributed by atoms with Crippen LogP contribution in [0.25, 0.3) is 0 Å². The van der Waals surface area contributed by atoms with E-state index < -0.39 is 6.17 Å². The average molecular weight is 209 g/mol. The lowest BCUT2D eigenvalue weighted by Crippen LogP contribution is -2.34. The Morgan fingerprint density at radius 3 is 2.13 bits per heavy atom. The van der Waals surface area contributed by atoms with Gasteiger partial charge in [0.25, 0.3) is 0 Å². The van der Waals surface area contributed by atoms with Crippen LogP contribution in [0.3, 0.4) is 0 Å². The third-order valence-electron chi connectivity index (χ3n) is 2.75. The Morgan fingerprint density at radius 1 is 1.07 bits per heavy atom. The third kappa shape index (κ3) is 2.32. The van der Waals surface area contributed by atoms with Crippen molar-refractivity contribution in [1.82, 2.24) is 0 Å². The summed E-state index contributed by atoms with van der Waals surface area (Å²) in [4.78, 5) is 2.13. The van der Waals surface area contributed by atoms with E-state index >= 15 is 0 Å². The topological polar surface area (TPSA) is 55.3 Å². The van der Waals surface area contributed by atoms with E-state index in [2.05, 4.69) is 4.90 Å². The highest BCUT2D eigenvalue weighted by molar-refractivity contribution is 5.65. The lowest BCUT2D eigenvalue weighted by molar-refractivity contribution is 0.277. The van der Waals surface area contributed by atoms with Gasteiger partial charge in [0.2, 0.25) is 0 Å². The van der Waals surface area contributed by atoms with Gasteiger partial charge < -0.3 is 16.4 Å². The maximum Gasteiger partial charge on any atom is 0.103 e. The molecule has 82 valence electrons. The minimum absolute atomic E-state index is 0.592. The van der Waals surface area contributed by atoms with Crippen molar-refractivity contribution in [2.45, 2.75) is 19.0 Å². The Morgan fingerprint density at radius 2 is 1.60 bits per heavy atom. The van der Waals surface area contributed by atoms with Gasteiger partial charge in [-0.25, -0.2) is 4.39 Å². The molecule has 0 bridgehead atoms. The third-order valence-corrected chi connectivity index (χ3v) is 2.75. The smallest absolute Gasteiger partial charge is 0.103 e. The van der Waals surface area contributed by atoms with Crippen molar-refractivity contribution in [3.63, 3.8) is 0 Å². The zero-order valence-electron chi connectivity index (χ0n) is 8.62. The molecule has 0 saturated carbocycles. The van der Waals surface area contributed by atoms with E-state index in [9.17, 15) is 4.39 Å². The highest BCUT2D eigenvalue weighted by Crippen LogP contribution is 2.25. The number of halogens is 1. The Hall–Kier alpha value is -1.45. The standard InChI is InChI=1S/C11H16FN3/c12-8-1-3-15(4-2-8)11-6-9(13)5-10(14)7-11/h5-8H,1-4,13-14H2. The minimum Gasteiger partial charge on any atom is -0.399 e. The number of anilines is 3. The summed E-state index contributed by atoms with van der Waals surface area (Å²) in [5, 5.41) is 0. The number of alkyl halides is 1. The summed E-state index contributed by atoms with van der Waals surface area (Å²) < 4.78 is 13.0. The fourth-order valence-corrected chi connectivity index (χ4v) is 1.95. The van der Waals surface area contributed by atoms with Gasteiger partial charge in [0, 0.05) is 30.2 Å². The van der Waals surface area contributed by atoms with Crippen LogP contribution < -0.4 is 16.4 Å². The molecule has 2 rings (SSSR count). The quantitative estimate of drug-likeness (QED) is 0.693. The zero-order valence-corrected chi connectivity index (χ0v) is 8.62. The molecule has 15 heavy (non-hydrogen) atoms. The molecular weight excluding hydrogens is 193 g/mol. The van der Waals surface area contributed by atoms with Gasteiger partial charge in [-0.2, -0.15) is 0 Å². The van der Waals surface area contributed by atoms with Crippen LogP contribution in [-0.4, -0.2) is 19.3 Å². The van der Waals surface area contributed by atoms with Gasteiger partial charge in [-0.1, -0.05) is 0 Å². The van der Waals surface area contributed by atoms with Crippen molar-refractivity contribution in [2.75, 3.05) is 29.5 Å². The number of nitrogens with two attached hydrogens (primary N) is 2. The number of nitrogens with zero attached hydrogens (tertiary/aromatic N) is 1. The van der Waals surface area contributed by atoms with E-state index in [1.165, 1.54) is 0 Å². The van der Waals surface area contributed by atoms with Crippen LogP contribution in [0.15, 0.2) is 18.2 Å². The summed E-state index contributed by atoms with van der Waals surface area (Å²) in [5.41, 5.74) is 13.7. The van der Waals surface area contributed by atoms with Gasteiger partial charge in [0.1, 0.15) is 6.17 Å². The fraction of sp³-hybridized carbons (Fsp3) is 0.455. The molecule has 0 atom stereocenters. The monoisotopic (exact) mass is 209 g/mol. The van der Waals surface area contributed by atoms with Crippen molar-refractivity contribution < 1.29 is 4.39 Å². The second kappa shape index (κ2) is 3.96. The van der Waals surface area contributed by atoms with Crippen molar-refractivity contribution in [1.29, 1.82) is 0 Å². The van der Waals surface area contributed by atoms with Gasteiger partial charge in [-0.15, -0.1) is 0 Å². The molecular formula is C11H16FN3. The molecule has 1 aliphatic rings. The number of benzene rings is 1. The van der Waals surface area contributed by atoms with Crippen LogP contribution in [0, 0.1) is 0 Å². The Labute approximate surface area is 88.9 Å². The predicted octanol–water partition coefficient (Wildman–Crippen LogP) is 1.79. The maximum atomic E-state index is 13.0. The maximum absolute atomic E-state index is 13.0. The molecule has 4 N–H and O–H groups in total. The first-order valence-corrected chi connectivity index (χ1v) is 5.20. The van der Waals surface area contributed by atoms with Gasteiger partial charge in [-0.3, -0.25) is 0 Å². The zero-order chi connectivity index (χ0) is 10.8. The summed E-state index contributed by atoms with van der Waals surface area (Å²) in [7, 11) is 0. The summed E-state index contributed by atoms with van der Waals surface area (Å²) in [6, 6.07) is 5.50. The molecule has 4 heteroatoms. The van der Waals surface area contributed by atoms with Crippen LogP contribution in [0.4, 0.5) is 21.5 Å². The van der Waals surface area contributed by atoms with Gasteiger partial charge in [-0.05, 0) is 31.0 Å². The SMILES string of the molecule is Nc1cc(N)cc(N2CCC(F)CC2)c1. The van der Waals surface area contributed by atoms with Gasteiger partial charge >= 0.3 is 0 Å². The number of rotatable bonds is 1. The van der Waals surface area contributed by atoms with Crippen LogP contribution in [-0.2, 0) is 0 Å². The molecule has 1 fully saturated rings. The van der Waals surface area contributed by atoms with E-state index in [0.29, 0.717) is 24.2 Å². The Kier molecular flexibility index (Phi) is 2.66. The number of hydrogen-bond acceptors (Lipinski definition) is 3. The van der Waals surface area contributed by atoms with E-state index in [1.807, 2.05) is 12.1 Å². The highest BCUT2D eigenvalue weighted by atomic mass is 19.1. The number of piperidine rings is 1. The number of hydrogen-bond donors (Lipinski definition) is 2. The molecule has 1 aromatic rings. The van der Waals surface area contributed by atoms with E-state index in [-0.39, 0.29) is 0 Å².